The van der Waals surface area contributed by atoms with Gasteiger partial charge in [-0.2, -0.15) is 0 Å². The van der Waals surface area contributed by atoms with E-state index in [-0.39, 0.29) is 12.0 Å². The SMILES string of the molecule is CCN1CCc2ncnc(N3CCN(C(=O)C4CCCO4)CC3)c2C1. The van der Waals surface area contributed by atoms with Crippen LogP contribution in [0, 0.1) is 0 Å². The topological polar surface area (TPSA) is 61.8 Å². The van der Waals surface area contributed by atoms with Gasteiger partial charge in [0.15, 0.2) is 0 Å². The second kappa shape index (κ2) is 7.25. The van der Waals surface area contributed by atoms with Crippen molar-refractivity contribution in [3.05, 3.63) is 17.6 Å². The quantitative estimate of drug-likeness (QED) is 0.803. The van der Waals surface area contributed by atoms with Crippen LogP contribution in [0.5, 0.6) is 0 Å². The number of anilines is 1. The summed E-state index contributed by atoms with van der Waals surface area (Å²) in [6.07, 6.45) is 4.34. The Labute approximate surface area is 149 Å². The lowest BCUT2D eigenvalue weighted by Crippen LogP contribution is -2.52. The number of ether oxygens (including phenoxy) is 1. The van der Waals surface area contributed by atoms with E-state index in [1.54, 1.807) is 6.33 Å². The summed E-state index contributed by atoms with van der Waals surface area (Å²) < 4.78 is 5.55. The van der Waals surface area contributed by atoms with Crippen molar-refractivity contribution in [3.63, 3.8) is 0 Å². The van der Waals surface area contributed by atoms with Crippen LogP contribution in [-0.2, 0) is 22.5 Å². The standard InChI is InChI=1S/C18H27N5O2/c1-2-21-6-5-15-14(12-21)17(20-13-19-15)22-7-9-23(10-8-22)18(24)16-4-3-11-25-16/h13,16H,2-12H2,1H3. The number of carbonyl (C=O) groups excluding carboxylic acids is 1. The van der Waals surface area contributed by atoms with E-state index in [9.17, 15) is 4.79 Å². The first-order valence-electron chi connectivity index (χ1n) is 9.46. The van der Waals surface area contributed by atoms with Gasteiger partial charge in [-0.1, -0.05) is 6.92 Å². The van der Waals surface area contributed by atoms with E-state index in [0.717, 1.165) is 77.5 Å². The highest BCUT2D eigenvalue weighted by molar-refractivity contribution is 5.81. The molecule has 1 amide bonds. The first-order valence-corrected chi connectivity index (χ1v) is 9.46. The Morgan fingerprint density at radius 1 is 1.24 bits per heavy atom. The van der Waals surface area contributed by atoms with E-state index in [4.69, 9.17) is 4.74 Å². The monoisotopic (exact) mass is 345 g/mol. The fraction of sp³-hybridized carbons (Fsp3) is 0.722. The van der Waals surface area contributed by atoms with Gasteiger partial charge < -0.3 is 14.5 Å². The van der Waals surface area contributed by atoms with Crippen molar-refractivity contribution in [2.45, 2.75) is 38.8 Å². The lowest BCUT2D eigenvalue weighted by atomic mass is 10.1. The molecule has 7 heteroatoms. The Hall–Kier alpha value is -1.73. The first kappa shape index (κ1) is 16.7. The molecule has 25 heavy (non-hydrogen) atoms. The Kier molecular flexibility index (Phi) is 4.85. The Morgan fingerprint density at radius 3 is 2.80 bits per heavy atom. The van der Waals surface area contributed by atoms with Crippen molar-refractivity contribution in [1.82, 2.24) is 19.8 Å². The van der Waals surface area contributed by atoms with Crippen LogP contribution in [0.1, 0.15) is 31.0 Å². The van der Waals surface area contributed by atoms with Crippen LogP contribution < -0.4 is 4.90 Å². The summed E-state index contributed by atoms with van der Waals surface area (Å²) in [7, 11) is 0. The summed E-state index contributed by atoms with van der Waals surface area (Å²) in [5, 5.41) is 0. The highest BCUT2D eigenvalue weighted by atomic mass is 16.5. The summed E-state index contributed by atoms with van der Waals surface area (Å²) in [5.41, 5.74) is 2.46. The van der Waals surface area contributed by atoms with Crippen LogP contribution in [0.25, 0.3) is 0 Å². The van der Waals surface area contributed by atoms with Gasteiger partial charge >= 0.3 is 0 Å². The van der Waals surface area contributed by atoms with Crippen molar-refractivity contribution in [2.24, 2.45) is 0 Å². The molecule has 0 saturated carbocycles. The van der Waals surface area contributed by atoms with Crippen LogP contribution in [0.4, 0.5) is 5.82 Å². The van der Waals surface area contributed by atoms with Crippen molar-refractivity contribution in [1.29, 1.82) is 0 Å². The number of rotatable bonds is 3. The summed E-state index contributed by atoms with van der Waals surface area (Å²) >= 11 is 0. The second-order valence-electron chi connectivity index (χ2n) is 7.06. The number of aromatic nitrogens is 2. The molecule has 1 atom stereocenters. The summed E-state index contributed by atoms with van der Waals surface area (Å²) in [6.45, 7) is 9.12. The van der Waals surface area contributed by atoms with Gasteiger partial charge in [-0.05, 0) is 19.4 Å². The van der Waals surface area contributed by atoms with Gasteiger partial charge in [-0.3, -0.25) is 9.69 Å². The number of hydrogen-bond donors (Lipinski definition) is 0. The molecule has 0 spiro atoms. The molecule has 0 radical (unpaired) electrons. The predicted molar refractivity (Wildman–Crippen MR) is 94.5 cm³/mol. The highest BCUT2D eigenvalue weighted by Crippen LogP contribution is 2.26. The average molecular weight is 345 g/mol. The fourth-order valence-corrected chi connectivity index (χ4v) is 4.04. The lowest BCUT2D eigenvalue weighted by Gasteiger charge is -2.38. The van der Waals surface area contributed by atoms with Crippen LogP contribution in [0.2, 0.25) is 0 Å². The molecule has 7 nitrogen and oxygen atoms in total. The third-order valence-electron chi connectivity index (χ3n) is 5.60. The number of likely N-dealkylation sites (N-methyl/N-ethyl adjacent to an activating group) is 1. The maximum Gasteiger partial charge on any atom is 0.251 e. The van der Waals surface area contributed by atoms with Crippen LogP contribution in [0.3, 0.4) is 0 Å². The molecule has 0 bridgehead atoms. The molecule has 1 aromatic heterocycles. The van der Waals surface area contributed by atoms with E-state index >= 15 is 0 Å². The molecular weight excluding hydrogens is 318 g/mol. The Morgan fingerprint density at radius 2 is 2.08 bits per heavy atom. The van der Waals surface area contributed by atoms with Crippen molar-refractivity contribution < 1.29 is 9.53 Å². The van der Waals surface area contributed by atoms with Gasteiger partial charge in [0.25, 0.3) is 5.91 Å². The third kappa shape index (κ3) is 3.35. The molecule has 4 rings (SSSR count). The molecule has 3 aliphatic rings. The van der Waals surface area contributed by atoms with Crippen molar-refractivity contribution >= 4 is 11.7 Å². The Balaban J connectivity index is 1.44. The number of carbonyl (C=O) groups is 1. The zero-order valence-corrected chi connectivity index (χ0v) is 15.0. The highest BCUT2D eigenvalue weighted by Gasteiger charge is 2.31. The zero-order valence-electron chi connectivity index (χ0n) is 15.0. The second-order valence-corrected chi connectivity index (χ2v) is 7.06. The van der Waals surface area contributed by atoms with Crippen LogP contribution in [-0.4, -0.2) is 77.7 Å². The summed E-state index contributed by atoms with van der Waals surface area (Å²) in [5.74, 6) is 1.23. The average Bonchev–Trinajstić information content (AvgIpc) is 3.21. The molecule has 1 aromatic rings. The van der Waals surface area contributed by atoms with E-state index in [0.29, 0.717) is 0 Å². The predicted octanol–water partition coefficient (Wildman–Crippen LogP) is 0.682. The van der Waals surface area contributed by atoms with E-state index in [1.165, 1.54) is 11.3 Å². The number of fused-ring (bicyclic) bond motifs is 1. The molecule has 2 fully saturated rings. The van der Waals surface area contributed by atoms with Gasteiger partial charge in [-0.15, -0.1) is 0 Å². The molecule has 4 heterocycles. The number of amides is 1. The van der Waals surface area contributed by atoms with E-state index in [2.05, 4.69) is 26.7 Å². The molecule has 0 aromatic carbocycles. The summed E-state index contributed by atoms with van der Waals surface area (Å²) in [4.78, 5) is 28.3. The maximum absolute atomic E-state index is 12.5. The first-order chi connectivity index (χ1) is 12.3. The minimum Gasteiger partial charge on any atom is -0.368 e. The smallest absolute Gasteiger partial charge is 0.251 e. The molecule has 2 saturated heterocycles. The molecule has 1 unspecified atom stereocenters. The van der Waals surface area contributed by atoms with Gasteiger partial charge in [0, 0.05) is 57.9 Å². The van der Waals surface area contributed by atoms with Crippen molar-refractivity contribution in [2.75, 3.05) is 50.8 Å². The minimum absolute atomic E-state index is 0.166. The maximum atomic E-state index is 12.5. The Bertz CT molecular complexity index is 624. The zero-order chi connectivity index (χ0) is 17.2. The van der Waals surface area contributed by atoms with Gasteiger partial charge in [0.05, 0.1) is 5.69 Å². The van der Waals surface area contributed by atoms with Crippen LogP contribution in [0.15, 0.2) is 6.33 Å². The number of piperazine rings is 1. The van der Waals surface area contributed by atoms with Gasteiger partial charge in [-0.25, -0.2) is 9.97 Å². The largest absolute Gasteiger partial charge is 0.368 e. The fourth-order valence-electron chi connectivity index (χ4n) is 4.04. The normalized spacial score (nSPS) is 24.4. The lowest BCUT2D eigenvalue weighted by molar-refractivity contribution is -0.141. The molecule has 0 aliphatic carbocycles. The minimum atomic E-state index is -0.212. The van der Waals surface area contributed by atoms with Gasteiger partial charge in [0.2, 0.25) is 0 Å². The molecule has 3 aliphatic heterocycles. The van der Waals surface area contributed by atoms with Crippen molar-refractivity contribution in [3.8, 4) is 0 Å². The summed E-state index contributed by atoms with van der Waals surface area (Å²) in [6, 6.07) is 0. The number of nitrogens with zero attached hydrogens (tertiary/aromatic N) is 5. The molecule has 0 N–H and O–H groups in total. The van der Waals surface area contributed by atoms with Gasteiger partial charge in [0.1, 0.15) is 18.2 Å². The molecule has 136 valence electrons. The van der Waals surface area contributed by atoms with E-state index < -0.39 is 0 Å². The van der Waals surface area contributed by atoms with E-state index in [1.807, 2.05) is 4.90 Å². The third-order valence-corrected chi connectivity index (χ3v) is 5.60. The number of hydrogen-bond acceptors (Lipinski definition) is 6. The molecular formula is C18H27N5O2. The van der Waals surface area contributed by atoms with Crippen LogP contribution >= 0.6 is 0 Å².